The summed E-state index contributed by atoms with van der Waals surface area (Å²) in [6.45, 7) is 1.87. The smallest absolute Gasteiger partial charge is 0.108 e. The average Bonchev–Trinajstić information content (AvgIpc) is 2.73. The molecule has 0 saturated heterocycles. The molecule has 5 nitrogen and oxygen atoms in total. The molecule has 5 heteroatoms. The fourth-order valence-electron chi connectivity index (χ4n) is 1.63. The first kappa shape index (κ1) is 11.7. The van der Waals surface area contributed by atoms with E-state index in [1.54, 1.807) is 18.6 Å². The van der Waals surface area contributed by atoms with Crippen molar-refractivity contribution in [2.24, 2.45) is 7.05 Å². The molecule has 1 atom stereocenters. The Morgan fingerprint density at radius 1 is 1.29 bits per heavy atom. The summed E-state index contributed by atoms with van der Waals surface area (Å²) in [5.74, 6) is 0.962. The van der Waals surface area contributed by atoms with E-state index in [0.29, 0.717) is 12.1 Å². The highest BCUT2D eigenvalue weighted by Gasteiger charge is 2.10. The lowest BCUT2D eigenvalue weighted by Crippen LogP contribution is -2.05. The fourth-order valence-corrected chi connectivity index (χ4v) is 1.63. The van der Waals surface area contributed by atoms with Crippen LogP contribution in [0.3, 0.4) is 0 Å². The molecule has 90 valence electrons. The summed E-state index contributed by atoms with van der Waals surface area (Å²) in [6, 6.07) is 0. The molecule has 0 spiro atoms. The van der Waals surface area contributed by atoms with Gasteiger partial charge in [0.05, 0.1) is 23.7 Å². The molecule has 0 aliphatic carbocycles. The maximum atomic E-state index is 9.96. The number of nitrogens with zero attached hydrogens (tertiary/aromatic N) is 4. The van der Waals surface area contributed by atoms with Crippen LogP contribution in [0.5, 0.6) is 0 Å². The Hall–Kier alpha value is -1.75. The lowest BCUT2D eigenvalue weighted by molar-refractivity contribution is 0.161. The minimum Gasteiger partial charge on any atom is -0.387 e. The van der Waals surface area contributed by atoms with E-state index in [4.69, 9.17) is 0 Å². The minimum absolute atomic E-state index is 0.584. The van der Waals surface area contributed by atoms with Crippen LogP contribution >= 0.6 is 0 Å². The molecule has 2 heterocycles. The highest BCUT2D eigenvalue weighted by atomic mass is 16.3. The second-order valence-corrected chi connectivity index (χ2v) is 4.09. The first-order valence-corrected chi connectivity index (χ1v) is 5.59. The summed E-state index contributed by atoms with van der Waals surface area (Å²) in [6.07, 6.45) is 7.68. The van der Waals surface area contributed by atoms with Crippen molar-refractivity contribution in [3.8, 4) is 0 Å². The Bertz CT molecular complexity index is 478. The third-order valence-electron chi connectivity index (χ3n) is 2.70. The van der Waals surface area contributed by atoms with E-state index in [0.717, 1.165) is 17.9 Å². The monoisotopic (exact) mass is 232 g/mol. The van der Waals surface area contributed by atoms with Gasteiger partial charge < -0.3 is 9.67 Å². The first-order valence-electron chi connectivity index (χ1n) is 5.59. The van der Waals surface area contributed by atoms with Crippen molar-refractivity contribution < 1.29 is 5.11 Å². The number of rotatable bonds is 4. The van der Waals surface area contributed by atoms with E-state index < -0.39 is 6.10 Å². The van der Waals surface area contributed by atoms with Gasteiger partial charge in [0, 0.05) is 32.1 Å². The molecule has 0 saturated carbocycles. The largest absolute Gasteiger partial charge is 0.387 e. The number of aromatic nitrogens is 4. The molecule has 17 heavy (non-hydrogen) atoms. The number of aryl methyl sites for hydroxylation is 3. The quantitative estimate of drug-likeness (QED) is 0.860. The van der Waals surface area contributed by atoms with Crippen molar-refractivity contribution in [3.63, 3.8) is 0 Å². The van der Waals surface area contributed by atoms with Gasteiger partial charge in [-0.3, -0.25) is 9.97 Å². The van der Waals surface area contributed by atoms with E-state index in [1.165, 1.54) is 0 Å². The van der Waals surface area contributed by atoms with Gasteiger partial charge in [-0.25, -0.2) is 4.98 Å². The molecule has 1 unspecified atom stereocenters. The third kappa shape index (κ3) is 2.88. The van der Waals surface area contributed by atoms with Crippen molar-refractivity contribution in [1.29, 1.82) is 0 Å². The van der Waals surface area contributed by atoms with Crippen LogP contribution in [0, 0.1) is 6.92 Å². The summed E-state index contributed by atoms with van der Waals surface area (Å²) < 4.78 is 1.95. The molecule has 2 aromatic heterocycles. The molecule has 1 N–H and O–H groups in total. The molecule has 2 rings (SSSR count). The first-order chi connectivity index (χ1) is 8.16. The molecular weight excluding hydrogens is 216 g/mol. The number of aliphatic hydroxyl groups excluding tert-OH is 1. The fraction of sp³-hybridized carbons (Fsp3) is 0.417. The summed E-state index contributed by atoms with van der Waals surface area (Å²) >= 11 is 0. The Balaban J connectivity index is 1.95. The SMILES string of the molecule is Cc1cnc(C(O)CCc2nccn2C)cn1. The Labute approximate surface area is 100 Å². The van der Waals surface area contributed by atoms with Crippen molar-refractivity contribution in [2.45, 2.75) is 25.9 Å². The van der Waals surface area contributed by atoms with Gasteiger partial charge in [0.15, 0.2) is 0 Å². The summed E-state index contributed by atoms with van der Waals surface area (Å²) in [5.41, 5.74) is 1.47. The highest BCUT2D eigenvalue weighted by Crippen LogP contribution is 2.15. The van der Waals surface area contributed by atoms with Crippen LogP contribution in [0.4, 0.5) is 0 Å². The third-order valence-corrected chi connectivity index (χ3v) is 2.70. The molecule has 2 aromatic rings. The number of hydrogen-bond donors (Lipinski definition) is 1. The molecule has 0 fully saturated rings. The van der Waals surface area contributed by atoms with Crippen LogP contribution < -0.4 is 0 Å². The number of imidazole rings is 1. The van der Waals surface area contributed by atoms with Gasteiger partial charge in [-0.1, -0.05) is 0 Å². The van der Waals surface area contributed by atoms with E-state index in [2.05, 4.69) is 15.0 Å². The van der Waals surface area contributed by atoms with Crippen LogP contribution in [-0.2, 0) is 13.5 Å². The summed E-state index contributed by atoms with van der Waals surface area (Å²) in [4.78, 5) is 12.5. The Morgan fingerprint density at radius 3 is 2.71 bits per heavy atom. The van der Waals surface area contributed by atoms with E-state index in [1.807, 2.05) is 24.7 Å². The maximum Gasteiger partial charge on any atom is 0.108 e. The van der Waals surface area contributed by atoms with Crippen LogP contribution in [0.2, 0.25) is 0 Å². The van der Waals surface area contributed by atoms with E-state index in [-0.39, 0.29) is 0 Å². The van der Waals surface area contributed by atoms with Gasteiger partial charge in [-0.05, 0) is 13.3 Å². The molecular formula is C12H16N4O. The van der Waals surface area contributed by atoms with E-state index >= 15 is 0 Å². The van der Waals surface area contributed by atoms with Gasteiger partial charge in [0.1, 0.15) is 5.82 Å². The van der Waals surface area contributed by atoms with Crippen molar-refractivity contribution in [3.05, 3.63) is 42.0 Å². The molecule has 0 aromatic carbocycles. The van der Waals surface area contributed by atoms with Crippen molar-refractivity contribution >= 4 is 0 Å². The van der Waals surface area contributed by atoms with Crippen LogP contribution in [0.25, 0.3) is 0 Å². The van der Waals surface area contributed by atoms with Crippen LogP contribution in [0.1, 0.15) is 29.7 Å². The van der Waals surface area contributed by atoms with Crippen LogP contribution in [0.15, 0.2) is 24.8 Å². The standard InChI is InChI=1S/C12H16N4O/c1-9-7-15-10(8-14-9)11(17)3-4-12-13-5-6-16(12)2/h5-8,11,17H,3-4H2,1-2H3. The zero-order valence-corrected chi connectivity index (χ0v) is 10.0. The maximum absolute atomic E-state index is 9.96. The topological polar surface area (TPSA) is 63.8 Å². The minimum atomic E-state index is -0.584. The molecule has 0 aliphatic rings. The van der Waals surface area contributed by atoms with Gasteiger partial charge >= 0.3 is 0 Å². The van der Waals surface area contributed by atoms with Gasteiger partial charge in [-0.15, -0.1) is 0 Å². The van der Waals surface area contributed by atoms with Crippen LogP contribution in [-0.4, -0.2) is 24.6 Å². The predicted molar refractivity (Wildman–Crippen MR) is 63.3 cm³/mol. The molecule has 0 aliphatic heterocycles. The second kappa shape index (κ2) is 5.05. The van der Waals surface area contributed by atoms with E-state index in [9.17, 15) is 5.11 Å². The normalized spacial score (nSPS) is 12.6. The molecule has 0 bridgehead atoms. The van der Waals surface area contributed by atoms with Gasteiger partial charge in [-0.2, -0.15) is 0 Å². The second-order valence-electron chi connectivity index (χ2n) is 4.09. The van der Waals surface area contributed by atoms with Crippen molar-refractivity contribution in [2.75, 3.05) is 0 Å². The lowest BCUT2D eigenvalue weighted by atomic mass is 10.1. The average molecular weight is 232 g/mol. The zero-order valence-electron chi connectivity index (χ0n) is 10.0. The molecule has 0 amide bonds. The van der Waals surface area contributed by atoms with Gasteiger partial charge in [0.2, 0.25) is 0 Å². The molecule has 0 radical (unpaired) electrons. The number of hydrogen-bond acceptors (Lipinski definition) is 4. The summed E-state index contributed by atoms with van der Waals surface area (Å²) in [5, 5.41) is 9.96. The highest BCUT2D eigenvalue weighted by molar-refractivity contribution is 5.04. The Morgan fingerprint density at radius 2 is 2.12 bits per heavy atom. The summed E-state index contributed by atoms with van der Waals surface area (Å²) in [7, 11) is 1.94. The lowest BCUT2D eigenvalue weighted by Gasteiger charge is -2.09. The Kier molecular flexibility index (Phi) is 3.49. The predicted octanol–water partition coefficient (Wildman–Crippen LogP) is 1.18. The zero-order chi connectivity index (χ0) is 12.3. The number of aliphatic hydroxyl groups is 1. The van der Waals surface area contributed by atoms with Gasteiger partial charge in [0.25, 0.3) is 0 Å². The van der Waals surface area contributed by atoms with Crippen molar-refractivity contribution in [1.82, 2.24) is 19.5 Å².